The predicted molar refractivity (Wildman–Crippen MR) is 86.7 cm³/mol. The fraction of sp³-hybridized carbons (Fsp3) is 0.200. The van der Waals surface area contributed by atoms with Gasteiger partial charge in [0, 0.05) is 12.2 Å². The molecule has 27 heavy (non-hydrogen) atoms. The highest BCUT2D eigenvalue weighted by atomic mass is 32.2. The third-order valence-electron chi connectivity index (χ3n) is 3.86. The van der Waals surface area contributed by atoms with E-state index in [2.05, 4.69) is 5.32 Å². The Hall–Kier alpha value is -3.25. The molecule has 0 aromatic heterocycles. The lowest BCUT2D eigenvalue weighted by atomic mass is 10.1. The van der Waals surface area contributed by atoms with E-state index < -0.39 is 46.3 Å². The summed E-state index contributed by atoms with van der Waals surface area (Å²) in [5.74, 6) is -3.00. The Kier molecular flexibility index (Phi) is 4.68. The van der Waals surface area contributed by atoms with Crippen LogP contribution in [0.2, 0.25) is 0 Å². The Balaban J connectivity index is 1.73. The molecule has 2 N–H and O–H groups in total. The van der Waals surface area contributed by atoms with Crippen LogP contribution in [0.3, 0.4) is 0 Å². The quantitative estimate of drug-likeness (QED) is 0.373. The van der Waals surface area contributed by atoms with E-state index in [1.807, 2.05) is 0 Å². The van der Waals surface area contributed by atoms with E-state index in [1.165, 1.54) is 0 Å². The van der Waals surface area contributed by atoms with Gasteiger partial charge in [0.15, 0.2) is 12.2 Å². The lowest BCUT2D eigenvalue weighted by Crippen LogP contribution is -2.77. The van der Waals surface area contributed by atoms with E-state index in [0.717, 1.165) is 12.2 Å². The van der Waals surface area contributed by atoms with E-state index in [9.17, 15) is 32.1 Å². The van der Waals surface area contributed by atoms with E-state index >= 15 is 0 Å². The molecule has 2 aliphatic heterocycles. The molecule has 4 amide bonds. The maximum absolute atomic E-state index is 12.0. The molecule has 12 heteroatoms. The maximum Gasteiger partial charge on any atom is 0.408 e. The number of hydrogen-bond acceptors (Lipinski definition) is 7. The summed E-state index contributed by atoms with van der Waals surface area (Å²) in [6.45, 7) is -0.122. The minimum absolute atomic E-state index is 0.0576. The Bertz CT molecular complexity index is 925. The lowest BCUT2D eigenvalue weighted by molar-refractivity contribution is -0.160. The Morgan fingerprint density at radius 3 is 2.26 bits per heavy atom. The second kappa shape index (κ2) is 6.81. The summed E-state index contributed by atoms with van der Waals surface area (Å²) >= 11 is 0. The van der Waals surface area contributed by atoms with E-state index in [-0.39, 0.29) is 10.9 Å². The topological polar surface area (TPSA) is 150 Å². The molecule has 0 saturated carbocycles. The van der Waals surface area contributed by atoms with Crippen LogP contribution >= 0.6 is 0 Å². The molecule has 1 aromatic carbocycles. The van der Waals surface area contributed by atoms with Gasteiger partial charge in [-0.1, -0.05) is 30.3 Å². The van der Waals surface area contributed by atoms with Crippen LogP contribution in [-0.2, 0) is 36.0 Å². The summed E-state index contributed by atoms with van der Waals surface area (Å²) in [5.41, 5.74) is 0.665. The first kappa shape index (κ1) is 18.5. The molecule has 2 aliphatic rings. The van der Waals surface area contributed by atoms with Crippen LogP contribution in [0.25, 0.3) is 0 Å². The predicted octanol–water partition coefficient (Wildman–Crippen LogP) is -0.822. The number of benzene rings is 1. The molecule has 1 aromatic rings. The standard InChI is InChI=1S/C15H13N3O8S/c19-10-6-7-11(20)17(10)13-12(14(21)18(13)27(23,24)25)16-15(22)26-8-9-4-2-1-3-5-9/h1-7,12-13H,8H2,(H,16,22)(H,23,24,25)/t12-,13-/m0/s1. The summed E-state index contributed by atoms with van der Waals surface area (Å²) in [7, 11) is -5.05. The first-order chi connectivity index (χ1) is 12.7. The first-order valence-corrected chi connectivity index (χ1v) is 8.93. The highest BCUT2D eigenvalue weighted by Crippen LogP contribution is 2.29. The van der Waals surface area contributed by atoms with Crippen LogP contribution in [0.1, 0.15) is 5.56 Å². The summed E-state index contributed by atoms with van der Waals surface area (Å²) in [6.07, 6.45) is -1.05. The van der Waals surface area contributed by atoms with Gasteiger partial charge in [0.1, 0.15) is 6.61 Å². The highest BCUT2D eigenvalue weighted by Gasteiger charge is 2.59. The molecule has 1 fully saturated rings. The summed E-state index contributed by atoms with van der Waals surface area (Å²) in [4.78, 5) is 48.0. The second-order valence-electron chi connectivity index (χ2n) is 5.59. The molecule has 0 aliphatic carbocycles. The average Bonchev–Trinajstić information content (AvgIpc) is 2.93. The third-order valence-corrected chi connectivity index (χ3v) is 4.76. The van der Waals surface area contributed by atoms with E-state index in [4.69, 9.17) is 4.74 Å². The van der Waals surface area contributed by atoms with Crippen molar-refractivity contribution >= 4 is 34.1 Å². The largest absolute Gasteiger partial charge is 0.445 e. The number of nitrogens with zero attached hydrogens (tertiary/aromatic N) is 2. The molecular weight excluding hydrogens is 382 g/mol. The number of ether oxygens (including phenoxy) is 1. The Morgan fingerprint density at radius 2 is 1.70 bits per heavy atom. The van der Waals surface area contributed by atoms with Gasteiger partial charge in [0.25, 0.3) is 17.7 Å². The fourth-order valence-electron chi connectivity index (χ4n) is 2.65. The fourth-order valence-corrected chi connectivity index (χ4v) is 3.48. The van der Waals surface area contributed by atoms with Crippen molar-refractivity contribution in [3.05, 3.63) is 48.0 Å². The zero-order valence-electron chi connectivity index (χ0n) is 13.5. The van der Waals surface area contributed by atoms with Gasteiger partial charge in [0.2, 0.25) is 0 Å². The maximum atomic E-state index is 12.0. The molecule has 0 spiro atoms. The van der Waals surface area contributed by atoms with Crippen molar-refractivity contribution < 1.29 is 36.9 Å². The summed E-state index contributed by atoms with van der Waals surface area (Å²) in [6, 6.07) is 7.02. The van der Waals surface area contributed by atoms with Crippen molar-refractivity contribution in [2.45, 2.75) is 18.8 Å². The second-order valence-corrected chi connectivity index (χ2v) is 6.88. The first-order valence-electron chi connectivity index (χ1n) is 7.53. The summed E-state index contributed by atoms with van der Waals surface area (Å²) in [5, 5.41) is 2.10. The van der Waals surface area contributed by atoms with Crippen LogP contribution < -0.4 is 5.32 Å². The number of alkyl carbamates (subject to hydrolysis) is 1. The third kappa shape index (κ3) is 3.52. The number of carbonyl (C=O) groups is 4. The zero-order chi connectivity index (χ0) is 19.8. The van der Waals surface area contributed by atoms with Gasteiger partial charge in [-0.3, -0.25) is 18.9 Å². The Morgan fingerprint density at radius 1 is 1.11 bits per heavy atom. The number of carbonyl (C=O) groups excluding carboxylic acids is 4. The zero-order valence-corrected chi connectivity index (χ0v) is 14.3. The molecule has 142 valence electrons. The van der Waals surface area contributed by atoms with Gasteiger partial charge in [-0.25, -0.2) is 9.69 Å². The molecule has 0 unspecified atom stereocenters. The van der Waals surface area contributed by atoms with Crippen molar-refractivity contribution in [2.75, 3.05) is 0 Å². The summed E-state index contributed by atoms with van der Waals surface area (Å²) < 4.78 is 36.8. The van der Waals surface area contributed by atoms with Crippen molar-refractivity contribution in [2.24, 2.45) is 0 Å². The van der Waals surface area contributed by atoms with Crippen molar-refractivity contribution in [3.8, 4) is 0 Å². The van der Waals surface area contributed by atoms with Crippen molar-refractivity contribution in [1.29, 1.82) is 0 Å². The molecular formula is C15H13N3O8S. The smallest absolute Gasteiger partial charge is 0.408 e. The molecule has 0 bridgehead atoms. The highest BCUT2D eigenvalue weighted by molar-refractivity contribution is 7.84. The Labute approximate surface area is 153 Å². The van der Waals surface area contributed by atoms with Gasteiger partial charge in [-0.15, -0.1) is 0 Å². The SMILES string of the molecule is O=C(N[C@@H]1C(=O)N(S(=O)(=O)O)[C@@H]1N1C(=O)C=CC1=O)OCc1ccccc1. The van der Waals surface area contributed by atoms with Gasteiger partial charge in [-0.05, 0) is 5.56 Å². The van der Waals surface area contributed by atoms with E-state index in [1.54, 1.807) is 30.3 Å². The number of nitrogens with one attached hydrogen (secondary N) is 1. The molecule has 11 nitrogen and oxygen atoms in total. The van der Waals surface area contributed by atoms with Crippen LogP contribution in [0.5, 0.6) is 0 Å². The number of imide groups is 1. The number of hydrogen-bond donors (Lipinski definition) is 2. The van der Waals surface area contributed by atoms with Gasteiger partial charge in [-0.2, -0.15) is 12.7 Å². The van der Waals surface area contributed by atoms with Crippen LogP contribution in [0, 0.1) is 0 Å². The van der Waals surface area contributed by atoms with Crippen molar-refractivity contribution in [1.82, 2.24) is 14.5 Å². The van der Waals surface area contributed by atoms with Crippen LogP contribution in [-0.4, -0.2) is 58.2 Å². The molecule has 3 rings (SSSR count). The monoisotopic (exact) mass is 395 g/mol. The molecule has 2 atom stereocenters. The number of rotatable bonds is 5. The van der Waals surface area contributed by atoms with Crippen LogP contribution in [0.15, 0.2) is 42.5 Å². The van der Waals surface area contributed by atoms with Crippen molar-refractivity contribution in [3.63, 3.8) is 0 Å². The molecule has 1 saturated heterocycles. The minimum atomic E-state index is -5.05. The van der Waals surface area contributed by atoms with Gasteiger partial charge < -0.3 is 10.1 Å². The number of β-lactam (4-membered cyclic amide) rings is 1. The lowest BCUT2D eigenvalue weighted by Gasteiger charge is -2.46. The van der Waals surface area contributed by atoms with Gasteiger partial charge in [0.05, 0.1) is 0 Å². The van der Waals surface area contributed by atoms with Crippen LogP contribution in [0.4, 0.5) is 4.79 Å². The molecule has 0 radical (unpaired) electrons. The average molecular weight is 395 g/mol. The number of amides is 4. The van der Waals surface area contributed by atoms with E-state index in [0.29, 0.717) is 10.5 Å². The normalized spacial score (nSPS) is 22.0. The molecule has 2 heterocycles. The van der Waals surface area contributed by atoms with Gasteiger partial charge >= 0.3 is 16.4 Å². The minimum Gasteiger partial charge on any atom is -0.445 e.